The average molecular weight is 572 g/mol. The number of halogens is 2. The van der Waals surface area contributed by atoms with Crippen molar-refractivity contribution in [2.45, 2.75) is 32.3 Å². The van der Waals surface area contributed by atoms with Gasteiger partial charge in [-0.1, -0.05) is 36.2 Å². The third-order valence-electron chi connectivity index (χ3n) is 3.95. The summed E-state index contributed by atoms with van der Waals surface area (Å²) in [6.07, 6.45) is 3.83. The zero-order chi connectivity index (χ0) is 17.6. The maximum absolute atomic E-state index is 11.8. The van der Waals surface area contributed by atoms with E-state index < -0.39 is 5.97 Å². The van der Waals surface area contributed by atoms with Gasteiger partial charge in [-0.2, -0.15) is 0 Å². The smallest absolute Gasteiger partial charge is 0.311 e. The summed E-state index contributed by atoms with van der Waals surface area (Å²) in [5.41, 5.74) is 1.19. The molecule has 0 radical (unpaired) electrons. The molecular weight excluding hydrogens is 558 g/mol. The summed E-state index contributed by atoms with van der Waals surface area (Å²) in [6, 6.07) is 5.49. The maximum atomic E-state index is 11.8. The molecule has 1 aliphatic rings. The first kappa shape index (κ1) is 19.3. The van der Waals surface area contributed by atoms with Crippen LogP contribution in [0.2, 0.25) is 10.0 Å². The van der Waals surface area contributed by atoms with Crippen molar-refractivity contribution in [2.24, 2.45) is 0 Å². The molecule has 2 aromatic heterocycles. The van der Waals surface area contributed by atoms with Gasteiger partial charge in [0.05, 0.1) is 10.5 Å². The average Bonchev–Trinajstić information content (AvgIpc) is 3.41. The topological polar surface area (TPSA) is 61.3 Å². The Morgan fingerprint density at radius 3 is 2.77 bits per heavy atom. The minimum absolute atomic E-state index is 0. The molecular formula is C18H14Cl2N2O3Pt. The number of pyridine rings is 2. The van der Waals surface area contributed by atoms with Crippen LogP contribution in [0.1, 0.15) is 26.2 Å². The third kappa shape index (κ3) is 3.53. The first-order chi connectivity index (χ1) is 12.1. The van der Waals surface area contributed by atoms with E-state index in [9.17, 15) is 4.79 Å². The number of fused-ring (bicyclic) bond motifs is 3. The first-order valence-electron chi connectivity index (χ1n) is 8.02. The third-order valence-corrected chi connectivity index (χ3v) is 4.61. The van der Waals surface area contributed by atoms with E-state index in [0.717, 1.165) is 18.2 Å². The summed E-state index contributed by atoms with van der Waals surface area (Å²) in [4.78, 5) is 20.8. The summed E-state index contributed by atoms with van der Waals surface area (Å²) in [6.45, 7) is 1.70. The van der Waals surface area contributed by atoms with Crippen molar-refractivity contribution in [2.75, 3.05) is 0 Å². The standard InChI is InChI=1S/C18H14Cl2N2O3.Pt/c1-2-12(23)25-17-14(20)13-11(19)8-9-4-3-7-21-15(9)16(13)22-18(17)24-10-5-6-10;/h3-4,7-8,10H,2,5-6H2,1H3;. The number of aromatic nitrogens is 2. The van der Waals surface area contributed by atoms with Crippen molar-refractivity contribution < 1.29 is 35.3 Å². The number of carbonyl (C=O) groups excluding carboxylic acids is 1. The molecule has 1 saturated carbocycles. The fourth-order valence-corrected chi connectivity index (χ4v) is 3.21. The Morgan fingerprint density at radius 2 is 2.08 bits per heavy atom. The van der Waals surface area contributed by atoms with E-state index >= 15 is 0 Å². The van der Waals surface area contributed by atoms with Crippen LogP contribution in [0.15, 0.2) is 24.4 Å². The molecule has 8 heteroatoms. The molecule has 1 aliphatic carbocycles. The summed E-state index contributed by atoms with van der Waals surface area (Å²) in [5.74, 6) is -0.0974. The molecule has 1 fully saturated rings. The number of hydrogen-bond acceptors (Lipinski definition) is 5. The predicted octanol–water partition coefficient (Wildman–Crippen LogP) is 4.94. The fourth-order valence-electron chi connectivity index (χ4n) is 2.55. The Kier molecular flexibility index (Phi) is 5.71. The van der Waals surface area contributed by atoms with Crippen LogP contribution in [0.3, 0.4) is 0 Å². The van der Waals surface area contributed by atoms with Crippen LogP contribution in [0.4, 0.5) is 0 Å². The number of ether oxygens (including phenoxy) is 2. The summed E-state index contributed by atoms with van der Waals surface area (Å²) in [7, 11) is 0. The van der Waals surface area contributed by atoms with Gasteiger partial charge in [-0.15, -0.1) is 0 Å². The van der Waals surface area contributed by atoms with Gasteiger partial charge in [-0.25, -0.2) is 4.98 Å². The zero-order valence-electron chi connectivity index (χ0n) is 13.7. The van der Waals surface area contributed by atoms with Gasteiger partial charge < -0.3 is 9.47 Å². The van der Waals surface area contributed by atoms with Crippen LogP contribution in [-0.2, 0) is 25.9 Å². The molecule has 1 aromatic carbocycles. The van der Waals surface area contributed by atoms with Gasteiger partial charge in [-0.05, 0) is 25.0 Å². The maximum Gasteiger partial charge on any atom is 0.311 e. The van der Waals surface area contributed by atoms with Gasteiger partial charge in [0.25, 0.3) is 5.88 Å². The molecule has 0 atom stereocenters. The molecule has 0 bridgehead atoms. The normalized spacial score (nSPS) is 13.5. The van der Waals surface area contributed by atoms with Crippen molar-refractivity contribution in [1.29, 1.82) is 0 Å². The van der Waals surface area contributed by atoms with Crippen molar-refractivity contribution in [3.05, 3.63) is 34.4 Å². The van der Waals surface area contributed by atoms with E-state index in [2.05, 4.69) is 9.97 Å². The monoisotopic (exact) mass is 571 g/mol. The Morgan fingerprint density at radius 1 is 1.31 bits per heavy atom. The van der Waals surface area contributed by atoms with Crippen LogP contribution in [0.5, 0.6) is 11.6 Å². The van der Waals surface area contributed by atoms with Gasteiger partial charge in [-0.3, -0.25) is 9.78 Å². The molecule has 4 rings (SSSR count). The van der Waals surface area contributed by atoms with Crippen LogP contribution < -0.4 is 9.47 Å². The summed E-state index contributed by atoms with van der Waals surface area (Å²) in [5, 5.41) is 1.97. The molecule has 0 saturated heterocycles. The van der Waals surface area contributed by atoms with Crippen molar-refractivity contribution >= 4 is 51.0 Å². The summed E-state index contributed by atoms with van der Waals surface area (Å²) >= 11 is 13.0. The second-order valence-electron chi connectivity index (χ2n) is 5.86. The SMILES string of the molecule is CCC(=O)Oc1c(OC2CC2)nc2c(c(Cl)cc3cccnc32)c1Cl.[Pt]. The number of carbonyl (C=O) groups is 1. The van der Waals surface area contributed by atoms with Gasteiger partial charge in [0.1, 0.15) is 16.6 Å². The Balaban J connectivity index is 0.00000196. The summed E-state index contributed by atoms with van der Waals surface area (Å²) < 4.78 is 11.2. The molecule has 3 aromatic rings. The van der Waals surface area contributed by atoms with Crippen LogP contribution >= 0.6 is 23.2 Å². The van der Waals surface area contributed by atoms with Crippen LogP contribution in [0, 0.1) is 0 Å². The fraction of sp³-hybridized carbons (Fsp3) is 0.278. The molecule has 0 unspecified atom stereocenters. The van der Waals surface area contributed by atoms with E-state index in [1.165, 1.54) is 0 Å². The van der Waals surface area contributed by atoms with Gasteiger partial charge in [0.15, 0.2) is 0 Å². The Labute approximate surface area is 174 Å². The van der Waals surface area contributed by atoms with Crippen molar-refractivity contribution in [1.82, 2.24) is 9.97 Å². The Bertz CT molecular complexity index is 1010. The number of rotatable bonds is 4. The molecule has 0 N–H and O–H groups in total. The van der Waals surface area contributed by atoms with E-state index in [1.807, 2.05) is 12.1 Å². The molecule has 0 amide bonds. The van der Waals surface area contributed by atoms with E-state index in [1.54, 1.807) is 19.2 Å². The molecule has 138 valence electrons. The molecule has 0 aliphatic heterocycles. The van der Waals surface area contributed by atoms with E-state index in [0.29, 0.717) is 21.4 Å². The molecule has 0 spiro atoms. The number of esters is 1. The van der Waals surface area contributed by atoms with Crippen molar-refractivity contribution in [3.63, 3.8) is 0 Å². The number of hydrogen-bond donors (Lipinski definition) is 0. The Hall–Kier alpha value is -1.42. The van der Waals surface area contributed by atoms with Crippen LogP contribution in [0.25, 0.3) is 21.8 Å². The van der Waals surface area contributed by atoms with Gasteiger partial charge in [0.2, 0.25) is 5.75 Å². The zero-order valence-corrected chi connectivity index (χ0v) is 17.5. The number of benzene rings is 1. The molecule has 2 heterocycles. The second kappa shape index (κ2) is 7.67. The predicted molar refractivity (Wildman–Crippen MR) is 96.6 cm³/mol. The first-order valence-corrected chi connectivity index (χ1v) is 8.77. The molecule has 26 heavy (non-hydrogen) atoms. The minimum Gasteiger partial charge on any atom is -0.472 e. The quantitative estimate of drug-likeness (QED) is 0.328. The van der Waals surface area contributed by atoms with E-state index in [4.69, 9.17) is 32.7 Å². The van der Waals surface area contributed by atoms with E-state index in [-0.39, 0.29) is 50.2 Å². The van der Waals surface area contributed by atoms with Gasteiger partial charge in [0, 0.05) is 44.5 Å². The minimum atomic E-state index is -0.418. The van der Waals surface area contributed by atoms with Crippen molar-refractivity contribution in [3.8, 4) is 11.6 Å². The van der Waals surface area contributed by atoms with Crippen LogP contribution in [-0.4, -0.2) is 22.0 Å². The van der Waals surface area contributed by atoms with Gasteiger partial charge >= 0.3 is 5.97 Å². The second-order valence-corrected chi connectivity index (χ2v) is 6.65. The largest absolute Gasteiger partial charge is 0.472 e. The molecule has 5 nitrogen and oxygen atoms in total. The number of nitrogens with zero attached hydrogens (tertiary/aromatic N) is 2.